The van der Waals surface area contributed by atoms with Gasteiger partial charge >= 0.3 is 0 Å². The third kappa shape index (κ3) is 4.26. The fourth-order valence-electron chi connectivity index (χ4n) is 3.18. The third-order valence-corrected chi connectivity index (χ3v) is 5.01. The summed E-state index contributed by atoms with van der Waals surface area (Å²) in [5.41, 5.74) is 2.98. The van der Waals surface area contributed by atoms with E-state index < -0.39 is 5.60 Å². The lowest BCUT2D eigenvalue weighted by Gasteiger charge is -2.17. The van der Waals surface area contributed by atoms with Crippen LogP contribution in [0.5, 0.6) is 5.75 Å². The van der Waals surface area contributed by atoms with Crippen molar-refractivity contribution in [3.05, 3.63) is 72.3 Å². The Bertz CT molecular complexity index is 1120. The zero-order valence-corrected chi connectivity index (χ0v) is 17.1. The van der Waals surface area contributed by atoms with Gasteiger partial charge in [-0.1, -0.05) is 41.9 Å². The summed E-state index contributed by atoms with van der Waals surface area (Å²) >= 11 is 6.44. The topological polar surface area (TPSA) is 60.2 Å². The van der Waals surface area contributed by atoms with Crippen LogP contribution in [0.15, 0.2) is 67.1 Å². The van der Waals surface area contributed by atoms with Crippen molar-refractivity contribution >= 4 is 22.6 Å². The van der Waals surface area contributed by atoms with Crippen LogP contribution < -0.4 is 4.74 Å². The Balaban J connectivity index is 1.69. The van der Waals surface area contributed by atoms with Crippen molar-refractivity contribution in [2.75, 3.05) is 6.61 Å². The van der Waals surface area contributed by atoms with Gasteiger partial charge in [-0.25, -0.2) is 9.97 Å². The Kier molecular flexibility index (Phi) is 5.26. The molecular formula is C23H22ClN3O2. The van der Waals surface area contributed by atoms with Crippen molar-refractivity contribution in [3.8, 4) is 22.6 Å². The van der Waals surface area contributed by atoms with Crippen LogP contribution in [0.1, 0.15) is 20.3 Å². The molecule has 0 amide bonds. The van der Waals surface area contributed by atoms with Crippen molar-refractivity contribution < 1.29 is 9.84 Å². The first-order valence-electron chi connectivity index (χ1n) is 9.45. The quantitative estimate of drug-likeness (QED) is 0.442. The van der Waals surface area contributed by atoms with Gasteiger partial charge in [0.2, 0.25) is 0 Å². The Morgan fingerprint density at radius 2 is 1.76 bits per heavy atom. The van der Waals surface area contributed by atoms with Gasteiger partial charge in [-0.15, -0.1) is 0 Å². The fourth-order valence-corrected chi connectivity index (χ4v) is 3.41. The number of hydrogen-bond donors (Lipinski definition) is 1. The first-order chi connectivity index (χ1) is 13.9. The molecule has 0 aliphatic rings. The number of fused-ring (bicyclic) bond motifs is 1. The van der Waals surface area contributed by atoms with Crippen molar-refractivity contribution in [2.24, 2.45) is 0 Å². The maximum Gasteiger partial charge on any atom is 0.150 e. The highest BCUT2D eigenvalue weighted by molar-refractivity contribution is 6.35. The molecule has 2 aromatic carbocycles. The van der Waals surface area contributed by atoms with Gasteiger partial charge in [-0.05, 0) is 43.7 Å². The number of benzene rings is 2. The molecule has 0 unspecified atom stereocenters. The summed E-state index contributed by atoms with van der Waals surface area (Å²) in [6.07, 6.45) is 4.07. The molecule has 6 heteroatoms. The molecular weight excluding hydrogens is 386 g/mol. The minimum atomic E-state index is -0.740. The van der Waals surface area contributed by atoms with Crippen LogP contribution >= 0.6 is 11.6 Å². The van der Waals surface area contributed by atoms with Crippen molar-refractivity contribution in [2.45, 2.75) is 25.9 Å². The molecule has 0 aliphatic carbocycles. The molecule has 29 heavy (non-hydrogen) atoms. The summed E-state index contributed by atoms with van der Waals surface area (Å²) in [6.45, 7) is 4.00. The largest absolute Gasteiger partial charge is 0.493 e. The molecule has 0 fully saturated rings. The highest BCUT2D eigenvalue weighted by Gasteiger charge is 2.17. The normalized spacial score (nSPS) is 11.7. The molecule has 5 nitrogen and oxygen atoms in total. The van der Waals surface area contributed by atoms with E-state index in [1.165, 1.54) is 6.33 Å². The van der Waals surface area contributed by atoms with Crippen LogP contribution in [-0.4, -0.2) is 31.8 Å². The Labute approximate surface area is 174 Å². The monoisotopic (exact) mass is 407 g/mol. The summed E-state index contributed by atoms with van der Waals surface area (Å²) < 4.78 is 7.76. The number of ether oxygens (including phenoxy) is 1. The summed E-state index contributed by atoms with van der Waals surface area (Å²) in [7, 11) is 0. The van der Waals surface area contributed by atoms with Gasteiger partial charge in [0.05, 0.1) is 17.6 Å². The molecule has 0 saturated heterocycles. The average Bonchev–Trinajstić information content (AvgIpc) is 3.09. The second-order valence-electron chi connectivity index (χ2n) is 7.55. The second kappa shape index (κ2) is 7.85. The lowest BCUT2D eigenvalue weighted by molar-refractivity contribution is 0.0553. The standard InChI is InChI=1S/C23H22ClN3O2/c1-23(2,28)12-13-29-18-10-8-16(9-11-18)19-14-27(17-6-4-3-5-7-17)22-20(19)21(24)25-15-26-22/h3-11,14-15,28H,12-13H2,1-2H3. The Morgan fingerprint density at radius 1 is 1.03 bits per heavy atom. The SMILES string of the molecule is CC(C)(O)CCOc1ccc(-c2cn(-c3ccccc3)c3ncnc(Cl)c23)cc1. The lowest BCUT2D eigenvalue weighted by atomic mass is 10.1. The summed E-state index contributed by atoms with van der Waals surface area (Å²) in [6, 6.07) is 17.8. The zero-order chi connectivity index (χ0) is 20.4. The van der Waals surface area contributed by atoms with Gasteiger partial charge in [0, 0.05) is 23.9 Å². The molecule has 1 N–H and O–H groups in total. The zero-order valence-electron chi connectivity index (χ0n) is 16.3. The van der Waals surface area contributed by atoms with E-state index in [0.29, 0.717) is 18.2 Å². The van der Waals surface area contributed by atoms with Gasteiger partial charge in [0.25, 0.3) is 0 Å². The van der Waals surface area contributed by atoms with Crippen molar-refractivity contribution in [1.29, 1.82) is 0 Å². The third-order valence-electron chi connectivity index (χ3n) is 4.72. The fraction of sp³-hybridized carbons (Fsp3) is 0.217. The minimum absolute atomic E-state index is 0.421. The molecule has 0 radical (unpaired) electrons. The van der Waals surface area contributed by atoms with E-state index in [-0.39, 0.29) is 0 Å². The highest BCUT2D eigenvalue weighted by atomic mass is 35.5. The molecule has 0 bridgehead atoms. The van der Waals surface area contributed by atoms with Crippen LogP contribution in [0.4, 0.5) is 0 Å². The summed E-state index contributed by atoms with van der Waals surface area (Å²) in [4.78, 5) is 8.64. The van der Waals surface area contributed by atoms with Gasteiger partial charge in [-0.2, -0.15) is 0 Å². The molecule has 4 aromatic rings. The number of aromatic nitrogens is 3. The number of rotatable bonds is 6. The maximum absolute atomic E-state index is 9.80. The number of halogens is 1. The van der Waals surface area contributed by atoms with Crippen LogP contribution in [-0.2, 0) is 0 Å². The Hall–Kier alpha value is -2.89. The molecule has 0 aliphatic heterocycles. The van der Waals surface area contributed by atoms with E-state index in [2.05, 4.69) is 9.97 Å². The van der Waals surface area contributed by atoms with E-state index in [4.69, 9.17) is 16.3 Å². The summed E-state index contributed by atoms with van der Waals surface area (Å²) in [5, 5.41) is 11.0. The van der Waals surface area contributed by atoms with Crippen LogP contribution in [0.25, 0.3) is 27.8 Å². The van der Waals surface area contributed by atoms with Gasteiger partial charge in [-0.3, -0.25) is 0 Å². The highest BCUT2D eigenvalue weighted by Crippen LogP contribution is 2.35. The number of nitrogens with zero attached hydrogens (tertiary/aromatic N) is 3. The first-order valence-corrected chi connectivity index (χ1v) is 9.83. The predicted octanol–water partition coefficient (Wildman–Crippen LogP) is 5.28. The predicted molar refractivity (Wildman–Crippen MR) is 116 cm³/mol. The van der Waals surface area contributed by atoms with Crippen molar-refractivity contribution in [1.82, 2.24) is 14.5 Å². The first kappa shape index (κ1) is 19.4. The number of para-hydroxylation sites is 1. The van der Waals surface area contributed by atoms with Gasteiger partial charge < -0.3 is 14.4 Å². The molecule has 0 atom stereocenters. The van der Waals surface area contributed by atoms with E-state index in [1.807, 2.05) is 65.4 Å². The average molecular weight is 408 g/mol. The molecule has 148 valence electrons. The van der Waals surface area contributed by atoms with Gasteiger partial charge in [0.15, 0.2) is 0 Å². The number of aliphatic hydroxyl groups is 1. The van der Waals surface area contributed by atoms with E-state index >= 15 is 0 Å². The second-order valence-corrected chi connectivity index (χ2v) is 7.90. The van der Waals surface area contributed by atoms with E-state index in [1.54, 1.807) is 13.8 Å². The summed E-state index contributed by atoms with van der Waals surface area (Å²) in [5.74, 6) is 0.757. The molecule has 2 heterocycles. The van der Waals surface area contributed by atoms with Gasteiger partial charge in [0.1, 0.15) is 22.9 Å². The molecule has 0 spiro atoms. The van der Waals surface area contributed by atoms with E-state index in [9.17, 15) is 5.11 Å². The molecule has 2 aromatic heterocycles. The lowest BCUT2D eigenvalue weighted by Crippen LogP contribution is -2.21. The number of hydrogen-bond acceptors (Lipinski definition) is 4. The van der Waals surface area contributed by atoms with Crippen molar-refractivity contribution in [3.63, 3.8) is 0 Å². The minimum Gasteiger partial charge on any atom is -0.493 e. The Morgan fingerprint density at radius 3 is 2.45 bits per heavy atom. The smallest absolute Gasteiger partial charge is 0.150 e. The maximum atomic E-state index is 9.80. The van der Waals surface area contributed by atoms with Crippen LogP contribution in [0, 0.1) is 0 Å². The molecule has 4 rings (SSSR count). The van der Waals surface area contributed by atoms with Crippen LogP contribution in [0.3, 0.4) is 0 Å². The van der Waals surface area contributed by atoms with E-state index in [0.717, 1.165) is 33.6 Å². The molecule has 0 saturated carbocycles. The van der Waals surface area contributed by atoms with Crippen LogP contribution in [0.2, 0.25) is 5.15 Å².